The van der Waals surface area contributed by atoms with E-state index in [4.69, 9.17) is 5.73 Å². The van der Waals surface area contributed by atoms with E-state index >= 15 is 0 Å². The molecule has 4 rings (SSSR count). The minimum Gasteiger partial charge on any atom is -0.384 e. The maximum absolute atomic E-state index is 5.77. The van der Waals surface area contributed by atoms with Gasteiger partial charge in [-0.1, -0.05) is 36.4 Å². The molecule has 4 nitrogen and oxygen atoms in total. The van der Waals surface area contributed by atoms with E-state index in [1.54, 1.807) is 6.07 Å². The summed E-state index contributed by atoms with van der Waals surface area (Å²) in [5.74, 6) is 0.501. The van der Waals surface area contributed by atoms with Crippen LogP contribution >= 0.6 is 0 Å². The van der Waals surface area contributed by atoms with E-state index in [9.17, 15) is 0 Å². The lowest BCUT2D eigenvalue weighted by Gasteiger charge is -2.01. The third-order valence-corrected chi connectivity index (χ3v) is 3.45. The molecule has 2 aromatic carbocycles. The number of nitrogens with two attached hydrogens (primary N) is 1. The van der Waals surface area contributed by atoms with Gasteiger partial charge < -0.3 is 5.73 Å². The first-order chi connectivity index (χ1) is 9.81. The fraction of sp³-hybridized carbons (Fsp3) is 0. The third-order valence-electron chi connectivity index (χ3n) is 3.45. The maximum atomic E-state index is 5.77. The molecule has 0 fully saturated rings. The van der Waals surface area contributed by atoms with Crippen LogP contribution in [0.2, 0.25) is 0 Å². The van der Waals surface area contributed by atoms with Crippen molar-refractivity contribution < 1.29 is 0 Å². The molecule has 0 radical (unpaired) electrons. The molecule has 0 saturated carbocycles. The summed E-state index contributed by atoms with van der Waals surface area (Å²) in [7, 11) is 0. The number of H-pyrrole nitrogens is 1. The van der Waals surface area contributed by atoms with Crippen molar-refractivity contribution in [3.05, 3.63) is 54.6 Å². The average Bonchev–Trinajstić information content (AvgIpc) is 2.89. The molecule has 96 valence electrons. The number of aromatic nitrogens is 3. The van der Waals surface area contributed by atoms with E-state index in [1.165, 1.54) is 10.8 Å². The van der Waals surface area contributed by atoms with Crippen LogP contribution in [0.15, 0.2) is 54.6 Å². The molecule has 2 heterocycles. The number of fused-ring (bicyclic) bond motifs is 2. The lowest BCUT2D eigenvalue weighted by atomic mass is 10.0. The summed E-state index contributed by atoms with van der Waals surface area (Å²) in [6.07, 6.45) is 0. The Hall–Kier alpha value is -2.88. The third kappa shape index (κ3) is 1.62. The Morgan fingerprint density at radius 2 is 1.75 bits per heavy atom. The Morgan fingerprint density at radius 3 is 2.65 bits per heavy atom. The zero-order valence-electron chi connectivity index (χ0n) is 10.7. The first-order valence-electron chi connectivity index (χ1n) is 6.41. The summed E-state index contributed by atoms with van der Waals surface area (Å²) in [6.45, 7) is 0. The van der Waals surface area contributed by atoms with Crippen LogP contribution in [0.4, 0.5) is 5.82 Å². The van der Waals surface area contributed by atoms with Gasteiger partial charge in [0.1, 0.15) is 17.0 Å². The molecular formula is C16H12N4. The number of anilines is 1. The molecule has 0 unspecified atom stereocenters. The van der Waals surface area contributed by atoms with Gasteiger partial charge in [0, 0.05) is 5.56 Å². The standard InChI is InChI=1S/C16H12N4/c17-14-8-7-13-16(18-14)15(20-19-13)12-6-5-10-3-1-2-4-11(10)9-12/h1-9H,(H2,17,18)(H,19,20). The van der Waals surface area contributed by atoms with Crippen LogP contribution in [-0.2, 0) is 0 Å². The normalized spacial score (nSPS) is 11.2. The van der Waals surface area contributed by atoms with Gasteiger partial charge in [-0.25, -0.2) is 4.98 Å². The fourth-order valence-electron chi connectivity index (χ4n) is 2.45. The van der Waals surface area contributed by atoms with E-state index < -0.39 is 0 Å². The van der Waals surface area contributed by atoms with Crippen LogP contribution in [0.25, 0.3) is 33.1 Å². The highest BCUT2D eigenvalue weighted by atomic mass is 15.1. The van der Waals surface area contributed by atoms with Crippen molar-refractivity contribution in [2.75, 3.05) is 5.73 Å². The highest BCUT2D eigenvalue weighted by Gasteiger charge is 2.10. The first kappa shape index (κ1) is 11.0. The molecule has 0 amide bonds. The zero-order chi connectivity index (χ0) is 13.5. The summed E-state index contributed by atoms with van der Waals surface area (Å²) < 4.78 is 0. The molecule has 0 atom stereocenters. The second kappa shape index (κ2) is 4.06. The maximum Gasteiger partial charge on any atom is 0.124 e. The van der Waals surface area contributed by atoms with Crippen molar-refractivity contribution in [1.82, 2.24) is 15.2 Å². The molecule has 20 heavy (non-hydrogen) atoms. The van der Waals surface area contributed by atoms with Gasteiger partial charge in [0.05, 0.1) is 5.52 Å². The van der Waals surface area contributed by atoms with Crippen molar-refractivity contribution in [2.24, 2.45) is 0 Å². The largest absolute Gasteiger partial charge is 0.384 e. The molecule has 0 aliphatic rings. The Labute approximate surface area is 115 Å². The monoisotopic (exact) mass is 260 g/mol. The number of hydrogen-bond acceptors (Lipinski definition) is 3. The fourth-order valence-corrected chi connectivity index (χ4v) is 2.45. The summed E-state index contributed by atoms with van der Waals surface area (Å²) in [5, 5.41) is 9.76. The van der Waals surface area contributed by atoms with E-state index in [0.29, 0.717) is 5.82 Å². The molecule has 0 aliphatic carbocycles. The molecule has 0 saturated heterocycles. The number of nitrogens with one attached hydrogen (secondary N) is 1. The topological polar surface area (TPSA) is 67.6 Å². The number of nitrogen functional groups attached to an aromatic ring is 1. The minimum absolute atomic E-state index is 0.501. The van der Waals surface area contributed by atoms with Crippen LogP contribution < -0.4 is 5.73 Å². The molecular weight excluding hydrogens is 248 g/mol. The predicted molar refractivity (Wildman–Crippen MR) is 81.2 cm³/mol. The van der Waals surface area contributed by atoms with Crippen LogP contribution in [0, 0.1) is 0 Å². The Balaban J connectivity index is 1.98. The van der Waals surface area contributed by atoms with E-state index in [0.717, 1.165) is 22.3 Å². The molecule has 0 aliphatic heterocycles. The zero-order valence-corrected chi connectivity index (χ0v) is 10.7. The SMILES string of the molecule is Nc1ccc2[nH]nc(-c3ccc4ccccc4c3)c2n1. The highest BCUT2D eigenvalue weighted by molar-refractivity contribution is 5.94. The van der Waals surface area contributed by atoms with Crippen molar-refractivity contribution in [1.29, 1.82) is 0 Å². The van der Waals surface area contributed by atoms with E-state index in [2.05, 4.69) is 45.5 Å². The van der Waals surface area contributed by atoms with Gasteiger partial charge in [-0.05, 0) is 29.0 Å². The molecule has 3 N–H and O–H groups in total. The predicted octanol–water partition coefficient (Wildman–Crippen LogP) is 3.36. The van der Waals surface area contributed by atoms with Gasteiger partial charge in [0.2, 0.25) is 0 Å². The van der Waals surface area contributed by atoms with E-state index in [1.807, 2.05) is 18.2 Å². The van der Waals surface area contributed by atoms with Crippen molar-refractivity contribution in [3.63, 3.8) is 0 Å². The van der Waals surface area contributed by atoms with Crippen LogP contribution in [0.1, 0.15) is 0 Å². The van der Waals surface area contributed by atoms with E-state index in [-0.39, 0.29) is 0 Å². The van der Waals surface area contributed by atoms with Crippen LogP contribution in [-0.4, -0.2) is 15.2 Å². The van der Waals surface area contributed by atoms with Gasteiger partial charge in [0.15, 0.2) is 0 Å². The molecule has 0 bridgehead atoms. The second-order valence-corrected chi connectivity index (χ2v) is 4.77. The number of rotatable bonds is 1. The first-order valence-corrected chi connectivity index (χ1v) is 6.41. The molecule has 4 aromatic rings. The lowest BCUT2D eigenvalue weighted by Crippen LogP contribution is -1.89. The number of hydrogen-bond donors (Lipinski definition) is 2. The number of nitrogens with zero attached hydrogens (tertiary/aromatic N) is 2. The average molecular weight is 260 g/mol. The van der Waals surface area contributed by atoms with Crippen molar-refractivity contribution in [3.8, 4) is 11.3 Å². The van der Waals surface area contributed by atoms with Crippen LogP contribution in [0.5, 0.6) is 0 Å². The number of pyridine rings is 1. The molecule has 0 spiro atoms. The summed E-state index contributed by atoms with van der Waals surface area (Å²) >= 11 is 0. The Morgan fingerprint density at radius 1 is 0.900 bits per heavy atom. The highest BCUT2D eigenvalue weighted by Crippen LogP contribution is 2.28. The Kier molecular flexibility index (Phi) is 2.23. The number of aromatic amines is 1. The Bertz CT molecular complexity index is 924. The van der Waals surface area contributed by atoms with Crippen molar-refractivity contribution >= 4 is 27.6 Å². The van der Waals surface area contributed by atoms with Gasteiger partial charge in [-0.2, -0.15) is 5.10 Å². The summed E-state index contributed by atoms with van der Waals surface area (Å²) in [6, 6.07) is 18.2. The van der Waals surface area contributed by atoms with Crippen LogP contribution in [0.3, 0.4) is 0 Å². The number of benzene rings is 2. The quantitative estimate of drug-likeness (QED) is 0.551. The second-order valence-electron chi connectivity index (χ2n) is 4.77. The smallest absolute Gasteiger partial charge is 0.124 e. The van der Waals surface area contributed by atoms with Gasteiger partial charge in [-0.15, -0.1) is 0 Å². The summed E-state index contributed by atoms with van der Waals surface area (Å²) in [5.41, 5.74) is 9.33. The summed E-state index contributed by atoms with van der Waals surface area (Å²) in [4.78, 5) is 4.38. The van der Waals surface area contributed by atoms with Gasteiger partial charge >= 0.3 is 0 Å². The van der Waals surface area contributed by atoms with Gasteiger partial charge in [-0.3, -0.25) is 5.10 Å². The van der Waals surface area contributed by atoms with Gasteiger partial charge in [0.25, 0.3) is 0 Å². The minimum atomic E-state index is 0.501. The molecule has 2 aromatic heterocycles. The van der Waals surface area contributed by atoms with Crippen molar-refractivity contribution in [2.45, 2.75) is 0 Å². The molecule has 4 heteroatoms. The lowest BCUT2D eigenvalue weighted by molar-refractivity contribution is 1.12.